The lowest BCUT2D eigenvalue weighted by molar-refractivity contribution is 0.856. The summed E-state index contributed by atoms with van der Waals surface area (Å²) in [7, 11) is 0. The largest absolute Gasteiger partial charge is 0.320 e. The average Bonchev–Trinajstić information content (AvgIpc) is 2.32. The van der Waals surface area contributed by atoms with E-state index >= 15 is 0 Å². The van der Waals surface area contributed by atoms with E-state index in [0.717, 1.165) is 11.1 Å². The summed E-state index contributed by atoms with van der Waals surface area (Å²) < 4.78 is 0. The maximum atomic E-state index is 6.27. The molecule has 0 aliphatic rings. The summed E-state index contributed by atoms with van der Waals surface area (Å²) in [5, 5.41) is 0.612. The van der Waals surface area contributed by atoms with Crippen molar-refractivity contribution in [3.63, 3.8) is 0 Å². The fourth-order valence-electron chi connectivity index (χ4n) is 1.92. The highest BCUT2D eigenvalue weighted by Crippen LogP contribution is 2.28. The molecule has 2 nitrogen and oxygen atoms in total. The van der Waals surface area contributed by atoms with Crippen LogP contribution in [0.15, 0.2) is 36.7 Å². The zero-order valence-electron chi connectivity index (χ0n) is 9.94. The van der Waals surface area contributed by atoms with Crippen molar-refractivity contribution in [1.82, 2.24) is 4.98 Å². The van der Waals surface area contributed by atoms with Gasteiger partial charge in [-0.25, -0.2) is 0 Å². The van der Waals surface area contributed by atoms with E-state index in [-0.39, 0.29) is 6.04 Å². The van der Waals surface area contributed by atoms with Crippen LogP contribution in [0, 0.1) is 13.8 Å². The van der Waals surface area contributed by atoms with Crippen LogP contribution in [0.2, 0.25) is 5.02 Å². The smallest absolute Gasteiger partial charge is 0.0640 e. The van der Waals surface area contributed by atoms with Crippen molar-refractivity contribution in [2.45, 2.75) is 19.9 Å². The number of nitrogens with two attached hydrogens (primary N) is 1. The SMILES string of the molecule is Cc1cccc(C(N)c2ccncc2Cl)c1C. The standard InChI is InChI=1S/C14H15ClN2/c1-9-4-3-5-11(10(9)2)14(16)12-6-7-17-8-13(12)15/h3-8,14H,16H2,1-2H3. The minimum absolute atomic E-state index is 0.203. The first-order chi connectivity index (χ1) is 8.11. The number of aromatic nitrogens is 1. The van der Waals surface area contributed by atoms with Crippen LogP contribution in [0.5, 0.6) is 0 Å². The van der Waals surface area contributed by atoms with Gasteiger partial charge >= 0.3 is 0 Å². The van der Waals surface area contributed by atoms with E-state index in [2.05, 4.69) is 24.9 Å². The molecule has 1 heterocycles. The van der Waals surface area contributed by atoms with Crippen molar-refractivity contribution >= 4 is 11.6 Å². The van der Waals surface area contributed by atoms with Crippen LogP contribution in [0.25, 0.3) is 0 Å². The van der Waals surface area contributed by atoms with Crippen molar-refractivity contribution in [3.8, 4) is 0 Å². The number of halogens is 1. The second-order valence-corrected chi connectivity index (χ2v) is 4.57. The monoisotopic (exact) mass is 246 g/mol. The summed E-state index contributed by atoms with van der Waals surface area (Å²) in [6.45, 7) is 4.17. The van der Waals surface area contributed by atoms with E-state index in [1.165, 1.54) is 11.1 Å². The van der Waals surface area contributed by atoms with Gasteiger partial charge in [0, 0.05) is 12.4 Å². The Morgan fingerprint density at radius 3 is 2.65 bits per heavy atom. The fourth-order valence-corrected chi connectivity index (χ4v) is 2.15. The van der Waals surface area contributed by atoms with Gasteiger partial charge < -0.3 is 5.73 Å². The summed E-state index contributed by atoms with van der Waals surface area (Å²) in [6.07, 6.45) is 3.34. The molecule has 1 unspecified atom stereocenters. The first kappa shape index (κ1) is 12.1. The Bertz CT molecular complexity index is 537. The highest BCUT2D eigenvalue weighted by molar-refractivity contribution is 6.31. The molecule has 0 bridgehead atoms. The van der Waals surface area contributed by atoms with Crippen LogP contribution in [-0.4, -0.2) is 4.98 Å². The number of rotatable bonds is 2. The van der Waals surface area contributed by atoms with Gasteiger partial charge in [0.25, 0.3) is 0 Å². The van der Waals surface area contributed by atoms with Crippen molar-refractivity contribution in [3.05, 3.63) is 63.9 Å². The third-order valence-electron chi connectivity index (χ3n) is 3.12. The molecule has 0 saturated carbocycles. The molecular formula is C14H15ClN2. The van der Waals surface area contributed by atoms with E-state index in [1.807, 2.05) is 18.2 Å². The van der Waals surface area contributed by atoms with Gasteiger partial charge in [0.1, 0.15) is 0 Å². The number of hydrogen-bond acceptors (Lipinski definition) is 2. The Kier molecular flexibility index (Phi) is 3.46. The van der Waals surface area contributed by atoms with Gasteiger partial charge in [-0.2, -0.15) is 0 Å². The van der Waals surface area contributed by atoms with Gasteiger partial charge in [0.2, 0.25) is 0 Å². The van der Waals surface area contributed by atoms with Crippen LogP contribution in [-0.2, 0) is 0 Å². The highest BCUT2D eigenvalue weighted by Gasteiger charge is 2.14. The predicted molar refractivity (Wildman–Crippen MR) is 71.2 cm³/mol. The lowest BCUT2D eigenvalue weighted by Gasteiger charge is -2.17. The molecule has 2 rings (SSSR count). The van der Waals surface area contributed by atoms with Gasteiger partial charge in [-0.15, -0.1) is 0 Å². The van der Waals surface area contributed by atoms with E-state index in [9.17, 15) is 0 Å². The van der Waals surface area contributed by atoms with Gasteiger partial charge in [-0.1, -0.05) is 29.8 Å². The second-order valence-electron chi connectivity index (χ2n) is 4.16. The van der Waals surface area contributed by atoms with Crippen molar-refractivity contribution < 1.29 is 0 Å². The van der Waals surface area contributed by atoms with Crippen molar-refractivity contribution in [2.24, 2.45) is 5.73 Å². The molecular weight excluding hydrogens is 232 g/mol. The summed E-state index contributed by atoms with van der Waals surface area (Å²) in [5.74, 6) is 0. The minimum Gasteiger partial charge on any atom is -0.320 e. The summed E-state index contributed by atoms with van der Waals surface area (Å²) in [5.41, 5.74) is 10.8. The first-order valence-corrected chi connectivity index (χ1v) is 5.90. The molecule has 1 aromatic heterocycles. The molecule has 17 heavy (non-hydrogen) atoms. The zero-order valence-corrected chi connectivity index (χ0v) is 10.7. The molecule has 1 aromatic carbocycles. The summed E-state index contributed by atoms with van der Waals surface area (Å²) in [4.78, 5) is 3.97. The van der Waals surface area contributed by atoms with Crippen molar-refractivity contribution in [1.29, 1.82) is 0 Å². The Hall–Kier alpha value is -1.38. The predicted octanol–water partition coefficient (Wildman–Crippen LogP) is 3.40. The van der Waals surface area contributed by atoms with E-state index in [0.29, 0.717) is 5.02 Å². The Morgan fingerprint density at radius 1 is 1.18 bits per heavy atom. The van der Waals surface area contributed by atoms with Crippen LogP contribution in [0.4, 0.5) is 0 Å². The van der Waals surface area contributed by atoms with Crippen molar-refractivity contribution in [2.75, 3.05) is 0 Å². The normalized spacial score (nSPS) is 12.5. The van der Waals surface area contributed by atoms with Crippen LogP contribution < -0.4 is 5.73 Å². The topological polar surface area (TPSA) is 38.9 Å². The Morgan fingerprint density at radius 2 is 1.94 bits per heavy atom. The molecule has 0 fully saturated rings. The molecule has 0 radical (unpaired) electrons. The number of nitrogens with zero attached hydrogens (tertiary/aromatic N) is 1. The van der Waals surface area contributed by atoms with Gasteiger partial charge in [-0.05, 0) is 42.2 Å². The number of aryl methyl sites for hydroxylation is 1. The molecule has 3 heteroatoms. The second kappa shape index (κ2) is 4.86. The van der Waals surface area contributed by atoms with Gasteiger partial charge in [-0.3, -0.25) is 4.98 Å². The summed E-state index contributed by atoms with van der Waals surface area (Å²) >= 11 is 6.12. The Labute approximate surface area is 106 Å². The molecule has 2 N–H and O–H groups in total. The van der Waals surface area contributed by atoms with Crippen LogP contribution in [0.3, 0.4) is 0 Å². The number of hydrogen-bond donors (Lipinski definition) is 1. The number of benzene rings is 1. The lowest BCUT2D eigenvalue weighted by atomic mass is 9.94. The summed E-state index contributed by atoms with van der Waals surface area (Å²) in [6, 6.07) is 7.82. The third kappa shape index (κ3) is 2.33. The lowest BCUT2D eigenvalue weighted by Crippen LogP contribution is -2.14. The van der Waals surface area contributed by atoms with E-state index in [4.69, 9.17) is 17.3 Å². The van der Waals surface area contributed by atoms with E-state index in [1.54, 1.807) is 12.4 Å². The fraction of sp³-hybridized carbons (Fsp3) is 0.214. The molecule has 2 aromatic rings. The van der Waals surface area contributed by atoms with Crippen LogP contribution in [0.1, 0.15) is 28.3 Å². The van der Waals surface area contributed by atoms with Crippen LogP contribution >= 0.6 is 11.6 Å². The first-order valence-electron chi connectivity index (χ1n) is 5.52. The zero-order chi connectivity index (χ0) is 12.4. The number of pyridine rings is 1. The minimum atomic E-state index is -0.203. The molecule has 0 saturated heterocycles. The Balaban J connectivity index is 2.48. The molecule has 88 valence electrons. The third-order valence-corrected chi connectivity index (χ3v) is 3.44. The average molecular weight is 247 g/mol. The van der Waals surface area contributed by atoms with Gasteiger partial charge in [0.05, 0.1) is 11.1 Å². The highest BCUT2D eigenvalue weighted by atomic mass is 35.5. The molecule has 0 aliphatic carbocycles. The molecule has 0 spiro atoms. The molecule has 0 aliphatic heterocycles. The molecule has 1 atom stereocenters. The van der Waals surface area contributed by atoms with Gasteiger partial charge in [0.15, 0.2) is 0 Å². The maximum Gasteiger partial charge on any atom is 0.0640 e. The quantitative estimate of drug-likeness (QED) is 0.882. The van der Waals surface area contributed by atoms with E-state index < -0.39 is 0 Å². The maximum absolute atomic E-state index is 6.27. The molecule has 0 amide bonds.